The molecule has 8 aromatic carbocycles. The quantitative estimate of drug-likeness (QED) is 0.0400. The molecule has 96 heavy (non-hydrogen) atoms. The van der Waals surface area contributed by atoms with Crippen molar-refractivity contribution in [2.75, 3.05) is 13.2 Å². The van der Waals surface area contributed by atoms with Crippen LogP contribution >= 0.6 is 0 Å². The van der Waals surface area contributed by atoms with Crippen molar-refractivity contribution in [2.24, 2.45) is 0 Å². The van der Waals surface area contributed by atoms with Gasteiger partial charge < -0.3 is 14.2 Å². The average molecular weight is 1280 g/mol. The van der Waals surface area contributed by atoms with Crippen molar-refractivity contribution in [3.63, 3.8) is 0 Å². The first kappa shape index (κ1) is 72.7. The van der Waals surface area contributed by atoms with Crippen molar-refractivity contribution in [3.05, 3.63) is 302 Å². The molecule has 0 spiro atoms. The maximum absolute atomic E-state index is 6.49. The van der Waals surface area contributed by atoms with Gasteiger partial charge in [0.05, 0.1) is 35.4 Å². The van der Waals surface area contributed by atoms with Gasteiger partial charge in [-0.15, -0.1) is 0 Å². The third-order valence-electron chi connectivity index (χ3n) is 19.9. The minimum atomic E-state index is -0.589. The van der Waals surface area contributed by atoms with E-state index >= 15 is 0 Å². The summed E-state index contributed by atoms with van der Waals surface area (Å²) in [6.07, 6.45) is 10.8. The molecule has 0 amide bonds. The van der Waals surface area contributed by atoms with E-state index in [-0.39, 0.29) is 32.5 Å². The molecule has 0 atom stereocenters. The van der Waals surface area contributed by atoms with E-state index in [1.54, 1.807) is 0 Å². The van der Waals surface area contributed by atoms with Crippen molar-refractivity contribution in [3.8, 4) is 11.5 Å². The number of aromatic nitrogens is 1. The van der Waals surface area contributed by atoms with E-state index in [0.717, 1.165) is 48.9 Å². The first-order valence-corrected chi connectivity index (χ1v) is 36.0. The minimum absolute atomic E-state index is 0.0338. The first-order valence-electron chi connectivity index (χ1n) is 36.0. The van der Waals surface area contributed by atoms with Gasteiger partial charge in [-0.05, 0) is 160 Å². The molecule has 9 aromatic rings. The van der Waals surface area contributed by atoms with Crippen LogP contribution in [0.15, 0.2) is 212 Å². The van der Waals surface area contributed by atoms with E-state index in [1.807, 2.05) is 6.07 Å². The third-order valence-corrected chi connectivity index (χ3v) is 19.9. The monoisotopic (exact) mass is 1280 g/mol. The molecule has 0 N–H and O–H groups in total. The Bertz CT molecular complexity index is 3570. The second-order valence-electron chi connectivity index (χ2n) is 33.5. The number of ether oxygens (including phenoxy) is 3. The molecule has 506 valence electrons. The SMILES string of the molecule is CC(C)(C)c1ccc(C(c2ccc(OCCCCCCCCCCCOCc3cccc(COc4ccc(C(c5ccc(C(C)(C)C)cc5)(c5ccc(C(C)(C)C)cc5)c5ccc(C(C)(C)C)cc5)cc4)n3)cc2)(c2ccc(C(C)(C)C)cc2)c2ccc(C(C)(C)C)cc2)cc1. The highest BCUT2D eigenvalue weighted by molar-refractivity contribution is 5.63. The topological polar surface area (TPSA) is 40.6 Å². The van der Waals surface area contributed by atoms with Crippen molar-refractivity contribution >= 4 is 0 Å². The summed E-state index contributed by atoms with van der Waals surface area (Å²) in [5.41, 5.74) is 18.7. The molecule has 0 aliphatic carbocycles. The normalized spacial score (nSPS) is 12.9. The molecule has 0 aliphatic heterocycles. The lowest BCUT2D eigenvalue weighted by Crippen LogP contribution is -2.31. The Balaban J connectivity index is 0.734. The molecule has 1 heterocycles. The number of hydrogen-bond acceptors (Lipinski definition) is 4. The van der Waals surface area contributed by atoms with Crippen LogP contribution in [0.4, 0.5) is 0 Å². The zero-order chi connectivity index (χ0) is 69.2. The predicted octanol–water partition coefficient (Wildman–Crippen LogP) is 24.3. The highest BCUT2D eigenvalue weighted by Gasteiger charge is 2.41. The number of hydrogen-bond donors (Lipinski definition) is 0. The zero-order valence-electron chi connectivity index (χ0n) is 62.1. The highest BCUT2D eigenvalue weighted by Crippen LogP contribution is 2.49. The van der Waals surface area contributed by atoms with Gasteiger partial charge in [0.2, 0.25) is 0 Å². The van der Waals surface area contributed by atoms with E-state index < -0.39 is 10.8 Å². The summed E-state index contributed by atoms with van der Waals surface area (Å²) in [6, 6.07) is 80.2. The van der Waals surface area contributed by atoms with Crippen molar-refractivity contribution in [1.82, 2.24) is 4.98 Å². The number of pyridine rings is 1. The Morgan fingerprint density at radius 3 is 0.688 bits per heavy atom. The van der Waals surface area contributed by atoms with Crippen molar-refractivity contribution in [1.29, 1.82) is 0 Å². The van der Waals surface area contributed by atoms with Crippen LogP contribution in [0.3, 0.4) is 0 Å². The van der Waals surface area contributed by atoms with Gasteiger partial charge in [0, 0.05) is 6.61 Å². The predicted molar refractivity (Wildman–Crippen MR) is 407 cm³/mol. The lowest BCUT2D eigenvalue weighted by Gasteiger charge is -2.38. The van der Waals surface area contributed by atoms with Gasteiger partial charge in [-0.3, -0.25) is 4.98 Å². The molecule has 1 aromatic heterocycles. The molecule has 0 bridgehead atoms. The third kappa shape index (κ3) is 17.8. The van der Waals surface area contributed by atoms with Gasteiger partial charge in [-0.1, -0.05) is 345 Å². The summed E-state index contributed by atoms with van der Waals surface area (Å²) in [6.45, 7) is 43.5. The molecule has 0 aliphatic rings. The number of unbranched alkanes of at least 4 members (excludes halogenated alkanes) is 8. The smallest absolute Gasteiger partial charge is 0.130 e. The Kier molecular flexibility index (Phi) is 23.1. The Morgan fingerprint density at radius 1 is 0.219 bits per heavy atom. The standard InChI is InChI=1S/C92H115NO3/c1-85(2,3)67-31-43-73(44-32-67)91(74-45-33-68(34-46-74)86(4,5)6,75-47-35-69(36-48-75)87(7,8)9)79-55-59-83(60-56-79)95-64-27-25-23-21-19-20-22-24-26-63-94-65-81-29-28-30-82(93-81)66-96-84-61-57-80(58-62-84)92(76-49-37-70(38-50-76)88(10,11)12,77-51-39-71(40-52-77)89(13,14)15)78-53-41-72(42-54-78)90(16,17)18/h28-62H,19-27,63-66H2,1-18H3. The van der Waals surface area contributed by atoms with E-state index in [1.165, 1.54) is 123 Å². The van der Waals surface area contributed by atoms with Crippen LogP contribution in [-0.2, 0) is 61.3 Å². The fraction of sp³-hybridized carbons (Fsp3) is 0.424. The van der Waals surface area contributed by atoms with Crippen LogP contribution in [0.1, 0.15) is 272 Å². The summed E-state index contributed by atoms with van der Waals surface area (Å²) in [4.78, 5) is 4.95. The molecule has 0 fully saturated rings. The maximum atomic E-state index is 6.49. The molecule has 4 nitrogen and oxygen atoms in total. The fourth-order valence-corrected chi connectivity index (χ4v) is 13.7. The Hall–Kier alpha value is -7.53. The molecule has 4 heteroatoms. The lowest BCUT2D eigenvalue weighted by atomic mass is 9.64. The summed E-state index contributed by atoms with van der Waals surface area (Å²) in [5, 5.41) is 0. The summed E-state index contributed by atoms with van der Waals surface area (Å²) in [7, 11) is 0. The average Bonchev–Trinajstić information content (AvgIpc) is 0.736. The molecule has 0 unspecified atom stereocenters. The van der Waals surface area contributed by atoms with Crippen LogP contribution in [0.5, 0.6) is 11.5 Å². The number of rotatable bonds is 26. The van der Waals surface area contributed by atoms with E-state index in [0.29, 0.717) is 13.2 Å². The lowest BCUT2D eigenvalue weighted by molar-refractivity contribution is 0.114. The Morgan fingerprint density at radius 2 is 0.427 bits per heavy atom. The van der Waals surface area contributed by atoms with Crippen molar-refractivity contribution < 1.29 is 14.2 Å². The summed E-state index contributed by atoms with van der Waals surface area (Å²) in [5.74, 6) is 1.73. The maximum Gasteiger partial charge on any atom is 0.130 e. The van der Waals surface area contributed by atoms with Crippen LogP contribution in [0.25, 0.3) is 0 Å². The minimum Gasteiger partial charge on any atom is -0.494 e. The molecular formula is C92H115NO3. The highest BCUT2D eigenvalue weighted by atomic mass is 16.5. The van der Waals surface area contributed by atoms with Gasteiger partial charge in [0.25, 0.3) is 0 Å². The van der Waals surface area contributed by atoms with Crippen LogP contribution < -0.4 is 9.47 Å². The van der Waals surface area contributed by atoms with E-state index in [4.69, 9.17) is 19.2 Å². The second kappa shape index (κ2) is 30.5. The number of nitrogens with zero attached hydrogens (tertiary/aromatic N) is 1. The molecule has 0 saturated carbocycles. The molecular weight excluding hydrogens is 1170 g/mol. The van der Waals surface area contributed by atoms with E-state index in [9.17, 15) is 0 Å². The second-order valence-corrected chi connectivity index (χ2v) is 33.5. The Labute approximate surface area is 581 Å². The molecule has 9 rings (SSSR count). The summed E-state index contributed by atoms with van der Waals surface area (Å²) >= 11 is 0. The van der Waals surface area contributed by atoms with Crippen LogP contribution in [0.2, 0.25) is 0 Å². The van der Waals surface area contributed by atoms with Gasteiger partial charge in [0.15, 0.2) is 0 Å². The molecule has 0 radical (unpaired) electrons. The summed E-state index contributed by atoms with van der Waals surface area (Å²) < 4.78 is 19.1. The van der Waals surface area contributed by atoms with Gasteiger partial charge in [-0.25, -0.2) is 0 Å². The largest absolute Gasteiger partial charge is 0.494 e. The van der Waals surface area contributed by atoms with Gasteiger partial charge in [-0.2, -0.15) is 0 Å². The molecule has 0 saturated heterocycles. The first-order chi connectivity index (χ1) is 45.4. The van der Waals surface area contributed by atoms with Crippen LogP contribution in [0, 0.1) is 0 Å². The zero-order valence-corrected chi connectivity index (χ0v) is 62.1. The van der Waals surface area contributed by atoms with Crippen LogP contribution in [-0.4, -0.2) is 18.2 Å². The van der Waals surface area contributed by atoms with Gasteiger partial charge in [0.1, 0.15) is 18.1 Å². The van der Waals surface area contributed by atoms with Crippen molar-refractivity contribution in [2.45, 2.75) is 239 Å². The van der Waals surface area contributed by atoms with E-state index in [2.05, 4.69) is 331 Å². The number of benzene rings is 8. The van der Waals surface area contributed by atoms with Gasteiger partial charge >= 0.3 is 0 Å². The fourth-order valence-electron chi connectivity index (χ4n) is 13.7.